The van der Waals surface area contributed by atoms with E-state index in [1.165, 1.54) is 5.19 Å². The van der Waals surface area contributed by atoms with Crippen LogP contribution in [0.15, 0.2) is 24.3 Å². The van der Waals surface area contributed by atoms with Gasteiger partial charge in [-0.15, -0.1) is 0 Å². The van der Waals surface area contributed by atoms with Gasteiger partial charge in [0.25, 0.3) is 5.69 Å². The molecule has 0 atom stereocenters. The van der Waals surface area contributed by atoms with Gasteiger partial charge in [0.05, 0.1) is 12.5 Å². The number of rotatable bonds is 4. The van der Waals surface area contributed by atoms with Gasteiger partial charge in [-0.3, -0.25) is 10.1 Å². The highest BCUT2D eigenvalue weighted by molar-refractivity contribution is 7.70. The normalized spacial score (nSPS) is 13.4. The molecule has 0 radical (unpaired) electrons. The standard InChI is InChI=1S/C13H25NO2Si3/c1-17(2,3)19(6,7)18(4,5)13-10-8-9-12(11-13)14(15)16/h8-11H,1-7H3. The maximum absolute atomic E-state index is 11.0. The van der Waals surface area contributed by atoms with Gasteiger partial charge in [-0.25, -0.2) is 0 Å². The third-order valence-electron chi connectivity index (χ3n) is 5.22. The molecular weight excluding hydrogens is 286 g/mol. The Balaban J connectivity index is 3.35. The van der Waals surface area contributed by atoms with Crippen molar-refractivity contribution < 1.29 is 4.92 Å². The molecule has 3 nitrogen and oxygen atoms in total. The second-order valence-corrected chi connectivity index (χ2v) is 36.1. The molecule has 0 unspecified atom stereocenters. The summed E-state index contributed by atoms with van der Waals surface area (Å²) < 4.78 is 0. The Morgan fingerprint density at radius 1 is 1.00 bits per heavy atom. The molecule has 0 N–H and O–H groups in total. The lowest BCUT2D eigenvalue weighted by Gasteiger charge is -2.47. The van der Waals surface area contributed by atoms with Crippen LogP contribution in [-0.2, 0) is 0 Å². The van der Waals surface area contributed by atoms with Crippen molar-refractivity contribution in [1.29, 1.82) is 0 Å². The molecule has 1 rings (SSSR count). The van der Waals surface area contributed by atoms with Crippen molar-refractivity contribution in [2.45, 2.75) is 45.8 Å². The molecule has 1 aromatic carbocycles. The average Bonchev–Trinajstić information content (AvgIpc) is 2.27. The lowest BCUT2D eigenvalue weighted by Crippen LogP contribution is -2.73. The number of nitrogens with zero attached hydrogens (tertiary/aromatic N) is 1. The van der Waals surface area contributed by atoms with Gasteiger partial charge in [0.2, 0.25) is 0 Å². The predicted molar refractivity (Wildman–Crippen MR) is 91.0 cm³/mol. The van der Waals surface area contributed by atoms with E-state index < -0.39 is 22.3 Å². The van der Waals surface area contributed by atoms with Gasteiger partial charge in [-0.05, 0) is 0 Å². The van der Waals surface area contributed by atoms with E-state index in [4.69, 9.17) is 0 Å². The van der Waals surface area contributed by atoms with E-state index in [1.54, 1.807) is 6.07 Å². The molecule has 0 fully saturated rings. The molecule has 0 aliphatic carbocycles. The first-order valence-corrected chi connectivity index (χ1v) is 18.2. The fourth-order valence-corrected chi connectivity index (χ4v) is 32.4. The van der Waals surface area contributed by atoms with E-state index >= 15 is 0 Å². The molecule has 0 spiro atoms. The zero-order valence-corrected chi connectivity index (χ0v) is 16.1. The van der Waals surface area contributed by atoms with Crippen LogP contribution in [0.1, 0.15) is 0 Å². The Labute approximate surface area is 118 Å². The summed E-state index contributed by atoms with van der Waals surface area (Å²) in [5, 5.41) is 12.2. The van der Waals surface area contributed by atoms with Crippen LogP contribution in [-0.4, -0.2) is 27.2 Å². The maximum atomic E-state index is 11.0. The number of hydrogen-bond acceptors (Lipinski definition) is 2. The van der Waals surface area contributed by atoms with Crippen LogP contribution in [0, 0.1) is 10.1 Å². The molecule has 1 aromatic rings. The molecule has 0 aliphatic heterocycles. The third kappa shape index (κ3) is 2.90. The minimum absolute atomic E-state index is 0.235. The Morgan fingerprint density at radius 2 is 1.53 bits per heavy atom. The summed E-state index contributed by atoms with van der Waals surface area (Å²) in [6.07, 6.45) is 0. The first-order valence-electron chi connectivity index (χ1n) is 6.66. The summed E-state index contributed by atoms with van der Waals surface area (Å²) in [6.45, 7) is 17.1. The first kappa shape index (κ1) is 16.3. The quantitative estimate of drug-likeness (QED) is 0.483. The van der Waals surface area contributed by atoms with E-state index in [1.807, 2.05) is 12.1 Å². The van der Waals surface area contributed by atoms with Crippen molar-refractivity contribution in [3.05, 3.63) is 34.4 Å². The first-order chi connectivity index (χ1) is 8.41. The van der Waals surface area contributed by atoms with Crippen LogP contribution >= 0.6 is 0 Å². The molecule has 0 aromatic heterocycles. The molecule has 0 heterocycles. The molecule has 0 amide bonds. The smallest absolute Gasteiger partial charge is 0.258 e. The summed E-state index contributed by atoms with van der Waals surface area (Å²) in [5.74, 6) is 0. The molecule has 106 valence electrons. The van der Waals surface area contributed by atoms with Crippen LogP contribution in [0.2, 0.25) is 45.8 Å². The van der Waals surface area contributed by atoms with Crippen LogP contribution in [0.4, 0.5) is 5.69 Å². The highest BCUT2D eigenvalue weighted by Crippen LogP contribution is 2.29. The van der Waals surface area contributed by atoms with Crippen molar-refractivity contribution in [2.75, 3.05) is 0 Å². The molecular formula is C13H25NO2Si3. The lowest BCUT2D eigenvalue weighted by atomic mass is 10.3. The number of nitro benzene ring substituents is 1. The average molecular weight is 312 g/mol. The van der Waals surface area contributed by atoms with Crippen molar-refractivity contribution in [3.63, 3.8) is 0 Å². The highest BCUT2D eigenvalue weighted by atomic mass is 29.6. The van der Waals surface area contributed by atoms with Gasteiger partial charge >= 0.3 is 0 Å². The summed E-state index contributed by atoms with van der Waals surface area (Å²) in [6, 6.07) is 7.36. The molecule has 6 heteroatoms. The molecule has 19 heavy (non-hydrogen) atoms. The minimum Gasteiger partial charge on any atom is -0.258 e. The van der Waals surface area contributed by atoms with E-state index in [9.17, 15) is 10.1 Å². The minimum atomic E-state index is -1.62. The summed E-state index contributed by atoms with van der Waals surface area (Å²) in [7, 11) is -4.22. The summed E-state index contributed by atoms with van der Waals surface area (Å²) in [5.41, 5.74) is 0.235. The highest BCUT2D eigenvalue weighted by Gasteiger charge is 2.50. The van der Waals surface area contributed by atoms with Crippen LogP contribution in [0.25, 0.3) is 0 Å². The Kier molecular flexibility index (Phi) is 4.29. The Morgan fingerprint density at radius 3 is 1.95 bits per heavy atom. The van der Waals surface area contributed by atoms with Crippen LogP contribution in [0.5, 0.6) is 0 Å². The van der Waals surface area contributed by atoms with E-state index in [0.29, 0.717) is 0 Å². The molecule has 0 aliphatic rings. The maximum Gasteiger partial charge on any atom is 0.269 e. The van der Waals surface area contributed by atoms with E-state index in [-0.39, 0.29) is 10.6 Å². The third-order valence-corrected chi connectivity index (χ3v) is 47.7. The predicted octanol–water partition coefficient (Wildman–Crippen LogP) is 3.71. The zero-order valence-electron chi connectivity index (χ0n) is 13.1. The van der Waals surface area contributed by atoms with E-state index in [2.05, 4.69) is 51.9 Å². The summed E-state index contributed by atoms with van der Waals surface area (Å²) in [4.78, 5) is 10.7. The van der Waals surface area contributed by atoms with Gasteiger partial charge < -0.3 is 0 Å². The van der Waals surface area contributed by atoms with Gasteiger partial charge in [0.15, 0.2) is 0 Å². The number of hydrogen-bond donors (Lipinski definition) is 0. The Hall–Kier alpha value is -0.729. The van der Waals surface area contributed by atoms with Gasteiger partial charge in [0, 0.05) is 26.8 Å². The van der Waals surface area contributed by atoms with Crippen molar-refractivity contribution >= 4 is 33.2 Å². The second-order valence-electron chi connectivity index (χ2n) is 7.31. The molecule has 0 saturated carbocycles. The van der Waals surface area contributed by atoms with Gasteiger partial charge in [-0.2, -0.15) is 0 Å². The zero-order chi connectivity index (χ0) is 15.1. The van der Waals surface area contributed by atoms with Crippen molar-refractivity contribution in [3.8, 4) is 0 Å². The summed E-state index contributed by atoms with van der Waals surface area (Å²) >= 11 is 0. The molecule has 0 saturated heterocycles. The van der Waals surface area contributed by atoms with Crippen LogP contribution < -0.4 is 5.19 Å². The largest absolute Gasteiger partial charge is 0.269 e. The number of nitro groups is 1. The lowest BCUT2D eigenvalue weighted by molar-refractivity contribution is -0.384. The topological polar surface area (TPSA) is 43.1 Å². The fraction of sp³-hybridized carbons (Fsp3) is 0.538. The second kappa shape index (κ2) is 4.99. The van der Waals surface area contributed by atoms with Gasteiger partial charge in [-0.1, -0.05) is 63.1 Å². The van der Waals surface area contributed by atoms with Crippen molar-refractivity contribution in [2.24, 2.45) is 0 Å². The van der Waals surface area contributed by atoms with Gasteiger partial charge in [0.1, 0.15) is 0 Å². The molecule has 0 bridgehead atoms. The number of non-ortho nitro benzene ring substituents is 1. The Bertz CT molecular complexity index is 493. The number of benzene rings is 1. The van der Waals surface area contributed by atoms with Crippen LogP contribution in [0.3, 0.4) is 0 Å². The fourth-order valence-electron chi connectivity index (χ4n) is 2.31. The van der Waals surface area contributed by atoms with E-state index in [0.717, 1.165) is 0 Å². The SMILES string of the molecule is C[Si](C)(C)[Si](C)(C)[Si](C)(C)c1cccc([N+](=O)[O-])c1. The van der Waals surface area contributed by atoms with Crippen molar-refractivity contribution in [1.82, 2.24) is 0 Å². The monoisotopic (exact) mass is 311 g/mol.